The van der Waals surface area contributed by atoms with Crippen molar-refractivity contribution >= 4 is 28.6 Å². The summed E-state index contributed by atoms with van der Waals surface area (Å²) in [5.41, 5.74) is 1.64. The van der Waals surface area contributed by atoms with Crippen LogP contribution in [0.3, 0.4) is 0 Å². The van der Waals surface area contributed by atoms with Crippen molar-refractivity contribution in [3.63, 3.8) is 0 Å². The molecule has 0 spiro atoms. The van der Waals surface area contributed by atoms with E-state index in [2.05, 4.69) is 0 Å². The Morgan fingerprint density at radius 1 is 1.20 bits per heavy atom. The Kier molecular flexibility index (Phi) is 6.45. The van der Waals surface area contributed by atoms with Gasteiger partial charge in [0.25, 0.3) is 0 Å². The fourth-order valence-corrected chi connectivity index (χ4v) is 2.40. The van der Waals surface area contributed by atoms with Crippen LogP contribution in [0.15, 0.2) is 24.3 Å². The molecule has 20 heavy (non-hydrogen) atoms. The molecular formula is C15H18O4S. The number of aryl methyl sites for hydroxylation is 1. The van der Waals surface area contributed by atoms with Crippen LogP contribution >= 0.6 is 11.8 Å². The molecular weight excluding hydrogens is 276 g/mol. The predicted octanol–water partition coefficient (Wildman–Crippen LogP) is 2.80. The lowest BCUT2D eigenvalue weighted by Crippen LogP contribution is -2.21. The minimum Gasteiger partial charge on any atom is -0.481 e. The van der Waals surface area contributed by atoms with Gasteiger partial charge in [-0.3, -0.25) is 14.4 Å². The van der Waals surface area contributed by atoms with Crippen molar-refractivity contribution in [2.24, 2.45) is 5.92 Å². The Hall–Kier alpha value is -1.62. The van der Waals surface area contributed by atoms with Crippen molar-refractivity contribution in [1.29, 1.82) is 0 Å². The lowest BCUT2D eigenvalue weighted by Gasteiger charge is -2.10. The van der Waals surface area contributed by atoms with Crippen LogP contribution in [0.1, 0.15) is 36.2 Å². The van der Waals surface area contributed by atoms with Crippen LogP contribution in [-0.2, 0) is 16.0 Å². The van der Waals surface area contributed by atoms with Gasteiger partial charge in [-0.1, -0.05) is 43.0 Å². The summed E-state index contributed by atoms with van der Waals surface area (Å²) in [6, 6.07) is 7.18. The van der Waals surface area contributed by atoms with Gasteiger partial charge >= 0.3 is 5.97 Å². The normalized spacial score (nSPS) is 11.9. The molecule has 5 heteroatoms. The number of ketones is 1. The van der Waals surface area contributed by atoms with Crippen LogP contribution in [-0.4, -0.2) is 27.7 Å². The van der Waals surface area contributed by atoms with E-state index in [4.69, 9.17) is 5.11 Å². The summed E-state index contributed by atoms with van der Waals surface area (Å²) in [7, 11) is 0. The summed E-state index contributed by atoms with van der Waals surface area (Å²) < 4.78 is 0. The van der Waals surface area contributed by atoms with Gasteiger partial charge in [-0.15, -0.1) is 0 Å². The summed E-state index contributed by atoms with van der Waals surface area (Å²) in [6.45, 7) is 3.41. The molecule has 1 atom stereocenters. The first-order valence-electron chi connectivity index (χ1n) is 6.42. The minimum absolute atomic E-state index is 0.0823. The number of carboxylic acid groups (broad SMARTS) is 1. The SMILES string of the molecule is CCc1ccc(C(=O)CC(CSC(C)=O)C(=O)O)cc1. The third kappa shape index (κ3) is 5.17. The Labute approximate surface area is 122 Å². The maximum Gasteiger partial charge on any atom is 0.307 e. The number of aliphatic carboxylic acids is 1. The van der Waals surface area contributed by atoms with Crippen LogP contribution in [0.25, 0.3) is 0 Å². The Bertz CT molecular complexity index is 493. The highest BCUT2D eigenvalue weighted by molar-refractivity contribution is 8.13. The molecule has 0 saturated heterocycles. The first kappa shape index (κ1) is 16.4. The Balaban J connectivity index is 2.69. The number of carbonyl (C=O) groups excluding carboxylic acids is 2. The van der Waals surface area contributed by atoms with Crippen molar-refractivity contribution in [1.82, 2.24) is 0 Å². The third-order valence-corrected chi connectivity index (χ3v) is 3.93. The number of hydrogen-bond acceptors (Lipinski definition) is 4. The number of rotatable bonds is 7. The summed E-state index contributed by atoms with van der Waals surface area (Å²) in [6.07, 6.45) is 0.808. The van der Waals surface area contributed by atoms with Crippen LogP contribution in [0.2, 0.25) is 0 Å². The summed E-state index contributed by atoms with van der Waals surface area (Å²) >= 11 is 0.939. The van der Waals surface area contributed by atoms with Crippen LogP contribution in [0.5, 0.6) is 0 Å². The topological polar surface area (TPSA) is 71.4 Å². The molecule has 0 heterocycles. The number of benzene rings is 1. The fourth-order valence-electron chi connectivity index (χ4n) is 1.70. The van der Waals surface area contributed by atoms with E-state index in [0.717, 1.165) is 23.7 Å². The Morgan fingerprint density at radius 3 is 2.25 bits per heavy atom. The van der Waals surface area contributed by atoms with E-state index in [-0.39, 0.29) is 23.1 Å². The number of thioether (sulfide) groups is 1. The number of carboxylic acids is 1. The highest BCUT2D eigenvalue weighted by Crippen LogP contribution is 2.17. The molecule has 0 saturated carbocycles. The maximum atomic E-state index is 12.0. The largest absolute Gasteiger partial charge is 0.481 e. The fraction of sp³-hybridized carbons (Fsp3) is 0.400. The molecule has 1 aromatic rings. The van der Waals surface area contributed by atoms with Gasteiger partial charge in [0, 0.05) is 24.7 Å². The monoisotopic (exact) mass is 294 g/mol. The second kappa shape index (κ2) is 7.85. The summed E-state index contributed by atoms with van der Waals surface area (Å²) in [5, 5.41) is 8.94. The van der Waals surface area contributed by atoms with Crippen LogP contribution < -0.4 is 0 Å². The van der Waals surface area contributed by atoms with Gasteiger partial charge in [-0.05, 0) is 12.0 Å². The molecule has 0 aromatic heterocycles. The van der Waals surface area contributed by atoms with Gasteiger partial charge in [-0.2, -0.15) is 0 Å². The summed E-state index contributed by atoms with van der Waals surface area (Å²) in [4.78, 5) is 34.0. The average Bonchev–Trinajstić information content (AvgIpc) is 2.42. The van der Waals surface area contributed by atoms with E-state index >= 15 is 0 Å². The van der Waals surface area contributed by atoms with Gasteiger partial charge in [0.2, 0.25) is 0 Å². The standard InChI is InChI=1S/C15H18O4S/c1-3-11-4-6-12(7-5-11)14(17)8-13(15(18)19)9-20-10(2)16/h4-7,13H,3,8-9H2,1-2H3,(H,18,19). The molecule has 1 aromatic carbocycles. The molecule has 0 aliphatic carbocycles. The molecule has 4 nitrogen and oxygen atoms in total. The van der Waals surface area contributed by atoms with Crippen LogP contribution in [0, 0.1) is 5.92 Å². The molecule has 0 aliphatic rings. The molecule has 108 valence electrons. The zero-order valence-electron chi connectivity index (χ0n) is 11.6. The van der Waals surface area contributed by atoms with E-state index in [1.807, 2.05) is 19.1 Å². The molecule has 0 amide bonds. The molecule has 0 aliphatic heterocycles. The zero-order chi connectivity index (χ0) is 15.1. The average molecular weight is 294 g/mol. The molecule has 1 rings (SSSR count). The summed E-state index contributed by atoms with van der Waals surface area (Å²) in [5.74, 6) is -1.95. The van der Waals surface area contributed by atoms with Crippen molar-refractivity contribution in [2.75, 3.05) is 5.75 Å². The van der Waals surface area contributed by atoms with Gasteiger partial charge in [-0.25, -0.2) is 0 Å². The highest BCUT2D eigenvalue weighted by atomic mass is 32.2. The van der Waals surface area contributed by atoms with E-state index in [1.54, 1.807) is 12.1 Å². The molecule has 1 unspecified atom stereocenters. The van der Waals surface area contributed by atoms with Gasteiger partial charge in [0.1, 0.15) is 0 Å². The zero-order valence-corrected chi connectivity index (χ0v) is 12.4. The van der Waals surface area contributed by atoms with Gasteiger partial charge in [0.05, 0.1) is 5.92 Å². The van der Waals surface area contributed by atoms with Crippen molar-refractivity contribution in [2.45, 2.75) is 26.7 Å². The maximum absolute atomic E-state index is 12.0. The molecule has 0 fully saturated rings. The van der Waals surface area contributed by atoms with E-state index in [1.165, 1.54) is 6.92 Å². The van der Waals surface area contributed by atoms with E-state index < -0.39 is 11.9 Å². The first-order chi connectivity index (χ1) is 9.43. The van der Waals surface area contributed by atoms with E-state index in [9.17, 15) is 14.4 Å². The second-order valence-corrected chi connectivity index (χ2v) is 5.71. The molecule has 1 N–H and O–H groups in total. The lowest BCUT2D eigenvalue weighted by atomic mass is 9.98. The molecule has 0 radical (unpaired) electrons. The predicted molar refractivity (Wildman–Crippen MR) is 79.0 cm³/mol. The van der Waals surface area contributed by atoms with E-state index in [0.29, 0.717) is 5.56 Å². The number of carbonyl (C=O) groups is 3. The third-order valence-electron chi connectivity index (χ3n) is 2.95. The second-order valence-electron chi connectivity index (χ2n) is 4.52. The van der Waals surface area contributed by atoms with Crippen molar-refractivity contribution < 1.29 is 19.5 Å². The number of hydrogen-bond donors (Lipinski definition) is 1. The lowest BCUT2D eigenvalue weighted by molar-refractivity contribution is -0.140. The smallest absolute Gasteiger partial charge is 0.307 e. The minimum atomic E-state index is -1.04. The van der Waals surface area contributed by atoms with Crippen molar-refractivity contribution in [3.05, 3.63) is 35.4 Å². The highest BCUT2D eigenvalue weighted by Gasteiger charge is 2.22. The Morgan fingerprint density at radius 2 is 1.80 bits per heavy atom. The van der Waals surface area contributed by atoms with Gasteiger partial charge in [0.15, 0.2) is 10.9 Å². The quantitative estimate of drug-likeness (QED) is 0.783. The van der Waals surface area contributed by atoms with Crippen molar-refractivity contribution in [3.8, 4) is 0 Å². The van der Waals surface area contributed by atoms with Gasteiger partial charge < -0.3 is 5.11 Å². The van der Waals surface area contributed by atoms with Crippen LogP contribution in [0.4, 0.5) is 0 Å². The number of Topliss-reactive ketones (excluding diaryl/α,β-unsaturated/α-hetero) is 1. The first-order valence-corrected chi connectivity index (χ1v) is 7.41. The molecule has 0 bridgehead atoms.